The third-order valence-corrected chi connectivity index (χ3v) is 9.01. The zero-order valence-corrected chi connectivity index (χ0v) is 27.4. The molecule has 7 rings (SSSR count). The number of fused-ring (bicyclic) bond motifs is 1. The van der Waals surface area contributed by atoms with E-state index < -0.39 is 0 Å². The molecule has 0 saturated carbocycles. The van der Waals surface area contributed by atoms with E-state index in [0.717, 1.165) is 67.2 Å². The minimum atomic E-state index is 0.249. The zero-order valence-electron chi connectivity index (χ0n) is 27.4. The van der Waals surface area contributed by atoms with Crippen LogP contribution in [0, 0.1) is 34.6 Å². The highest BCUT2D eigenvalue weighted by Crippen LogP contribution is 2.42. The second kappa shape index (κ2) is 12.2. The molecule has 2 heterocycles. The van der Waals surface area contributed by atoms with Crippen LogP contribution >= 0.6 is 0 Å². The molecule has 0 aliphatic carbocycles. The molecule has 0 unspecified atom stereocenters. The molecule has 7 aromatic rings. The summed E-state index contributed by atoms with van der Waals surface area (Å²) in [5.41, 5.74) is 12.7. The number of benzene rings is 5. The van der Waals surface area contributed by atoms with Crippen LogP contribution < -0.4 is 4.90 Å². The summed E-state index contributed by atoms with van der Waals surface area (Å²) in [6, 6.07) is 41.5. The van der Waals surface area contributed by atoms with Crippen LogP contribution in [0.25, 0.3) is 44.3 Å². The Labute approximate surface area is 276 Å². The summed E-state index contributed by atoms with van der Waals surface area (Å²) < 4.78 is 0. The van der Waals surface area contributed by atoms with Gasteiger partial charge in [-0.25, -0.2) is 9.97 Å². The summed E-state index contributed by atoms with van der Waals surface area (Å²) >= 11 is 0. The zero-order chi connectivity index (χ0) is 32.7. The smallest absolute Gasteiger partial charge is 0.142 e. The fourth-order valence-electron chi connectivity index (χ4n) is 6.75. The number of aromatic hydroxyl groups is 1. The molecule has 4 heteroatoms. The van der Waals surface area contributed by atoms with Crippen LogP contribution in [0.4, 0.5) is 17.3 Å². The van der Waals surface area contributed by atoms with Gasteiger partial charge in [0.2, 0.25) is 0 Å². The Morgan fingerprint density at radius 3 is 2.04 bits per heavy atom. The van der Waals surface area contributed by atoms with Gasteiger partial charge in [-0.15, -0.1) is 0 Å². The standard InChI is InChI=1S/C43H37N3O/c1-27-21-29(3)42(30(4)22-27)35-25-33(37-16-8-9-18-40(37)47)24-34(26-35)38-23-28(2)31(5)43(45-38)46(41-19-10-11-20-44-41)39-17-12-14-32-13-6-7-15-36(32)39/h6-26,47H,1-5H3. The number of anilines is 3. The number of phenolic OH excluding ortho intramolecular Hbond substituents is 1. The molecular weight excluding hydrogens is 574 g/mol. The van der Waals surface area contributed by atoms with Gasteiger partial charge < -0.3 is 5.11 Å². The fraction of sp³-hybridized carbons (Fsp3) is 0.116. The summed E-state index contributed by atoms with van der Waals surface area (Å²) in [6.07, 6.45) is 1.83. The van der Waals surface area contributed by atoms with E-state index in [1.165, 1.54) is 22.3 Å². The van der Waals surface area contributed by atoms with Crippen molar-refractivity contribution in [1.82, 2.24) is 9.97 Å². The first-order valence-corrected chi connectivity index (χ1v) is 16.0. The van der Waals surface area contributed by atoms with Gasteiger partial charge in [-0.1, -0.05) is 78.4 Å². The Balaban J connectivity index is 1.49. The van der Waals surface area contributed by atoms with Crippen LogP contribution in [0.5, 0.6) is 5.75 Å². The number of nitrogens with zero attached hydrogens (tertiary/aromatic N) is 3. The number of hydrogen-bond acceptors (Lipinski definition) is 4. The molecule has 47 heavy (non-hydrogen) atoms. The number of aromatic nitrogens is 2. The van der Waals surface area contributed by atoms with Crippen molar-refractivity contribution in [2.45, 2.75) is 34.6 Å². The monoisotopic (exact) mass is 611 g/mol. The highest BCUT2D eigenvalue weighted by atomic mass is 16.3. The lowest BCUT2D eigenvalue weighted by Crippen LogP contribution is -2.15. The van der Waals surface area contributed by atoms with Crippen LogP contribution in [0.15, 0.2) is 128 Å². The van der Waals surface area contributed by atoms with Crippen molar-refractivity contribution < 1.29 is 5.11 Å². The van der Waals surface area contributed by atoms with Gasteiger partial charge >= 0.3 is 0 Å². The third-order valence-electron chi connectivity index (χ3n) is 9.01. The molecule has 0 bridgehead atoms. The lowest BCUT2D eigenvalue weighted by Gasteiger charge is -2.27. The quantitative estimate of drug-likeness (QED) is 0.203. The van der Waals surface area contributed by atoms with Gasteiger partial charge in [0.25, 0.3) is 0 Å². The first-order valence-electron chi connectivity index (χ1n) is 16.0. The van der Waals surface area contributed by atoms with E-state index in [4.69, 9.17) is 9.97 Å². The molecular formula is C43H37N3O. The van der Waals surface area contributed by atoms with E-state index in [9.17, 15) is 5.11 Å². The number of hydrogen-bond donors (Lipinski definition) is 1. The number of aryl methyl sites for hydroxylation is 4. The van der Waals surface area contributed by atoms with Crippen molar-refractivity contribution in [1.29, 1.82) is 0 Å². The first-order chi connectivity index (χ1) is 22.8. The van der Waals surface area contributed by atoms with Gasteiger partial charge in [-0.05, 0) is 127 Å². The molecule has 5 aromatic carbocycles. The minimum Gasteiger partial charge on any atom is -0.507 e. The molecule has 2 aromatic heterocycles. The SMILES string of the molecule is Cc1cc(C)c(-c2cc(-c3cc(C)c(C)c(N(c4ccccn4)c4cccc5ccccc45)n3)cc(-c3ccccc3O)c2)c(C)c1. The van der Waals surface area contributed by atoms with Crippen molar-refractivity contribution in [3.8, 4) is 39.3 Å². The van der Waals surface area contributed by atoms with Crippen molar-refractivity contribution in [2.24, 2.45) is 0 Å². The van der Waals surface area contributed by atoms with Gasteiger partial charge in [-0.3, -0.25) is 4.90 Å². The fourth-order valence-corrected chi connectivity index (χ4v) is 6.75. The maximum Gasteiger partial charge on any atom is 0.142 e. The van der Waals surface area contributed by atoms with Crippen LogP contribution in [0.2, 0.25) is 0 Å². The normalized spacial score (nSPS) is 11.2. The number of phenols is 1. The molecule has 0 saturated heterocycles. The molecule has 0 amide bonds. The summed E-state index contributed by atoms with van der Waals surface area (Å²) in [4.78, 5) is 12.4. The summed E-state index contributed by atoms with van der Waals surface area (Å²) in [6.45, 7) is 10.8. The van der Waals surface area contributed by atoms with E-state index >= 15 is 0 Å². The van der Waals surface area contributed by atoms with Gasteiger partial charge in [-0.2, -0.15) is 0 Å². The molecule has 0 fully saturated rings. The second-order valence-corrected chi connectivity index (χ2v) is 12.4. The Kier molecular flexibility index (Phi) is 7.79. The number of rotatable bonds is 6. The van der Waals surface area contributed by atoms with E-state index in [2.05, 4.69) is 118 Å². The predicted octanol–water partition coefficient (Wildman–Crippen LogP) is 11.3. The molecule has 0 atom stereocenters. The van der Waals surface area contributed by atoms with Crippen LogP contribution in [-0.4, -0.2) is 15.1 Å². The Bertz CT molecular complexity index is 2240. The van der Waals surface area contributed by atoms with Crippen molar-refractivity contribution in [2.75, 3.05) is 4.90 Å². The van der Waals surface area contributed by atoms with Gasteiger partial charge in [0, 0.05) is 22.7 Å². The second-order valence-electron chi connectivity index (χ2n) is 12.4. The number of pyridine rings is 2. The largest absolute Gasteiger partial charge is 0.507 e. The average molecular weight is 612 g/mol. The molecule has 1 N–H and O–H groups in total. The minimum absolute atomic E-state index is 0.249. The van der Waals surface area contributed by atoms with Crippen molar-refractivity contribution in [3.05, 3.63) is 155 Å². The summed E-state index contributed by atoms with van der Waals surface area (Å²) in [7, 11) is 0. The molecule has 4 nitrogen and oxygen atoms in total. The topological polar surface area (TPSA) is 49.2 Å². The number of para-hydroxylation sites is 1. The Hall–Kier alpha value is -5.74. The lowest BCUT2D eigenvalue weighted by atomic mass is 9.89. The van der Waals surface area contributed by atoms with Gasteiger partial charge in [0.05, 0.1) is 11.4 Å². The van der Waals surface area contributed by atoms with Crippen LogP contribution in [-0.2, 0) is 0 Å². The molecule has 0 aliphatic rings. The van der Waals surface area contributed by atoms with Crippen molar-refractivity contribution >= 4 is 28.1 Å². The molecule has 0 spiro atoms. The maximum atomic E-state index is 10.9. The van der Waals surface area contributed by atoms with Crippen LogP contribution in [0.1, 0.15) is 27.8 Å². The molecule has 230 valence electrons. The Morgan fingerprint density at radius 2 is 1.28 bits per heavy atom. The van der Waals surface area contributed by atoms with Crippen molar-refractivity contribution in [3.63, 3.8) is 0 Å². The van der Waals surface area contributed by atoms with E-state index in [1.54, 1.807) is 6.07 Å². The first kappa shape index (κ1) is 29.9. The van der Waals surface area contributed by atoms with Crippen LogP contribution in [0.3, 0.4) is 0 Å². The summed E-state index contributed by atoms with van der Waals surface area (Å²) in [5, 5.41) is 13.2. The van der Waals surface area contributed by atoms with E-state index in [0.29, 0.717) is 0 Å². The van der Waals surface area contributed by atoms with Gasteiger partial charge in [0.1, 0.15) is 17.4 Å². The molecule has 0 radical (unpaired) electrons. The highest BCUT2D eigenvalue weighted by Gasteiger charge is 2.22. The average Bonchev–Trinajstić information content (AvgIpc) is 3.07. The third kappa shape index (κ3) is 5.64. The molecule has 0 aliphatic heterocycles. The van der Waals surface area contributed by atoms with E-state index in [1.807, 2.05) is 42.6 Å². The Morgan fingerprint density at radius 1 is 0.596 bits per heavy atom. The summed E-state index contributed by atoms with van der Waals surface area (Å²) in [5.74, 6) is 1.87. The maximum absolute atomic E-state index is 10.9. The lowest BCUT2D eigenvalue weighted by molar-refractivity contribution is 0.477. The highest BCUT2D eigenvalue weighted by molar-refractivity contribution is 5.98. The van der Waals surface area contributed by atoms with E-state index in [-0.39, 0.29) is 5.75 Å². The predicted molar refractivity (Wildman–Crippen MR) is 196 cm³/mol. The van der Waals surface area contributed by atoms with Gasteiger partial charge in [0.15, 0.2) is 0 Å².